The van der Waals surface area contributed by atoms with Crippen LogP contribution in [0.15, 0.2) is 18.2 Å². The van der Waals surface area contributed by atoms with Crippen LogP contribution < -0.4 is 10.2 Å². The first-order valence-electron chi connectivity index (χ1n) is 8.65. The van der Waals surface area contributed by atoms with Crippen LogP contribution in [0.1, 0.15) is 38.2 Å². The molecule has 1 saturated heterocycles. The highest BCUT2D eigenvalue weighted by Crippen LogP contribution is 2.20. The zero-order valence-corrected chi connectivity index (χ0v) is 16.1. The van der Waals surface area contributed by atoms with E-state index in [1.165, 1.54) is 32.2 Å². The lowest BCUT2D eigenvalue weighted by atomic mass is 10.0. The molecule has 2 rings (SSSR count). The molecule has 1 aliphatic rings. The molecule has 1 heterocycles. The third kappa shape index (κ3) is 5.33. The molecule has 1 fully saturated rings. The summed E-state index contributed by atoms with van der Waals surface area (Å²) < 4.78 is 0. The van der Waals surface area contributed by atoms with Gasteiger partial charge < -0.3 is 15.1 Å². The largest absolute Gasteiger partial charge is 0.349 e. The fourth-order valence-electron chi connectivity index (χ4n) is 3.11. The van der Waals surface area contributed by atoms with E-state index in [1.807, 2.05) is 25.1 Å². The summed E-state index contributed by atoms with van der Waals surface area (Å²) >= 11 is 11.8. The van der Waals surface area contributed by atoms with Crippen LogP contribution in [0.25, 0.3) is 0 Å². The van der Waals surface area contributed by atoms with Gasteiger partial charge in [-0.05, 0) is 43.3 Å². The molecule has 0 saturated carbocycles. The van der Waals surface area contributed by atoms with Crippen LogP contribution in [0, 0.1) is 6.92 Å². The van der Waals surface area contributed by atoms with Crippen molar-refractivity contribution in [2.24, 2.45) is 0 Å². The van der Waals surface area contributed by atoms with Crippen LogP contribution in [-0.4, -0.2) is 42.7 Å². The summed E-state index contributed by atoms with van der Waals surface area (Å²) in [6.45, 7) is 7.63. The topological polar surface area (TPSA) is 19.7 Å². The maximum atomic E-state index is 6.18. The first-order valence-corrected chi connectivity index (χ1v) is 9.44. The molecular weight excluding hydrogens is 326 g/mol. The number of benzene rings is 1. The Morgan fingerprint density at radius 3 is 2.70 bits per heavy atom. The van der Waals surface area contributed by atoms with Gasteiger partial charge in [0.15, 0.2) is 5.11 Å². The predicted molar refractivity (Wildman–Crippen MR) is 104 cm³/mol. The number of rotatable bonds is 5. The van der Waals surface area contributed by atoms with Crippen molar-refractivity contribution in [3.8, 4) is 0 Å². The summed E-state index contributed by atoms with van der Waals surface area (Å²) in [4.78, 5) is 3.96. The number of aryl methyl sites for hydroxylation is 1. The fraction of sp³-hybridized carbons (Fsp3) is 0.611. The normalized spacial score (nSPS) is 17.1. The van der Waals surface area contributed by atoms with Gasteiger partial charge in [0.2, 0.25) is 0 Å². The van der Waals surface area contributed by atoms with Gasteiger partial charge in [0.05, 0.1) is 19.6 Å². The highest BCUT2D eigenvalue weighted by Gasteiger charge is 2.26. The molecule has 1 aromatic rings. The maximum absolute atomic E-state index is 6.18. The SMILES string of the molecule is CCCC[NH+](C)C1CCN(C(=S)Nc2ccc(C)c(Cl)c2)CC1. The van der Waals surface area contributed by atoms with Crippen LogP contribution >= 0.6 is 23.8 Å². The average Bonchev–Trinajstić information content (AvgIpc) is 2.56. The lowest BCUT2D eigenvalue weighted by Gasteiger charge is -2.36. The quantitative estimate of drug-likeness (QED) is 0.793. The van der Waals surface area contributed by atoms with E-state index in [2.05, 4.69) is 24.2 Å². The summed E-state index contributed by atoms with van der Waals surface area (Å²) in [6, 6.07) is 6.77. The van der Waals surface area contributed by atoms with E-state index in [-0.39, 0.29) is 0 Å². The Balaban J connectivity index is 1.82. The Hall–Kier alpha value is -0.840. The number of anilines is 1. The van der Waals surface area contributed by atoms with E-state index in [0.29, 0.717) is 0 Å². The van der Waals surface area contributed by atoms with Crippen molar-refractivity contribution in [3.63, 3.8) is 0 Å². The molecule has 2 N–H and O–H groups in total. The first kappa shape index (κ1) is 18.5. The number of quaternary nitrogens is 1. The van der Waals surface area contributed by atoms with Crippen molar-refractivity contribution in [1.82, 2.24) is 4.90 Å². The van der Waals surface area contributed by atoms with Crippen molar-refractivity contribution >= 4 is 34.6 Å². The molecule has 0 radical (unpaired) electrons. The van der Waals surface area contributed by atoms with E-state index in [4.69, 9.17) is 23.8 Å². The third-order valence-corrected chi connectivity index (χ3v) is 5.59. The molecule has 0 spiro atoms. The van der Waals surface area contributed by atoms with Gasteiger partial charge in [0, 0.05) is 36.6 Å². The summed E-state index contributed by atoms with van der Waals surface area (Å²) in [7, 11) is 2.33. The number of unbranched alkanes of at least 4 members (excludes halogenated alkanes) is 1. The number of likely N-dealkylation sites (tertiary alicyclic amines) is 1. The van der Waals surface area contributed by atoms with E-state index in [0.717, 1.165) is 40.5 Å². The number of nitrogens with one attached hydrogen (secondary N) is 2. The second kappa shape index (κ2) is 8.86. The van der Waals surface area contributed by atoms with Gasteiger partial charge in [-0.15, -0.1) is 0 Å². The second-order valence-electron chi connectivity index (χ2n) is 6.61. The Kier molecular flexibility index (Phi) is 7.12. The van der Waals surface area contributed by atoms with Crippen LogP contribution in [-0.2, 0) is 0 Å². The van der Waals surface area contributed by atoms with Gasteiger partial charge >= 0.3 is 0 Å². The molecule has 1 aliphatic heterocycles. The van der Waals surface area contributed by atoms with Gasteiger partial charge in [-0.25, -0.2) is 0 Å². The van der Waals surface area contributed by atoms with Crippen molar-refractivity contribution in [3.05, 3.63) is 28.8 Å². The van der Waals surface area contributed by atoms with E-state index < -0.39 is 0 Å². The third-order valence-electron chi connectivity index (χ3n) is 4.83. The lowest BCUT2D eigenvalue weighted by molar-refractivity contribution is -0.907. The van der Waals surface area contributed by atoms with E-state index in [9.17, 15) is 0 Å². The maximum Gasteiger partial charge on any atom is 0.173 e. The van der Waals surface area contributed by atoms with Crippen molar-refractivity contribution in [1.29, 1.82) is 0 Å². The van der Waals surface area contributed by atoms with Crippen molar-refractivity contribution < 1.29 is 4.90 Å². The minimum atomic E-state index is 0.773. The molecule has 1 aromatic carbocycles. The lowest BCUT2D eigenvalue weighted by Crippen LogP contribution is -3.13. The second-order valence-corrected chi connectivity index (χ2v) is 7.40. The molecule has 1 atom stereocenters. The van der Waals surface area contributed by atoms with Crippen molar-refractivity contribution in [2.75, 3.05) is 32.0 Å². The molecule has 5 heteroatoms. The Bertz CT molecular complexity index is 527. The molecule has 0 aliphatic carbocycles. The summed E-state index contributed by atoms with van der Waals surface area (Å²) in [5.41, 5.74) is 2.06. The smallest absolute Gasteiger partial charge is 0.173 e. The minimum Gasteiger partial charge on any atom is -0.349 e. The van der Waals surface area contributed by atoms with Gasteiger partial charge in [-0.3, -0.25) is 0 Å². The number of nitrogens with zero attached hydrogens (tertiary/aromatic N) is 1. The molecule has 0 amide bonds. The molecule has 0 aromatic heterocycles. The molecule has 23 heavy (non-hydrogen) atoms. The first-order chi connectivity index (χ1) is 11.0. The Morgan fingerprint density at radius 2 is 2.09 bits per heavy atom. The monoisotopic (exact) mass is 354 g/mol. The van der Waals surface area contributed by atoms with Crippen LogP contribution in [0.2, 0.25) is 5.02 Å². The number of thiocarbonyl (C=S) groups is 1. The van der Waals surface area contributed by atoms with Gasteiger partial charge in [-0.1, -0.05) is 31.0 Å². The molecule has 1 unspecified atom stereocenters. The standard InChI is InChI=1S/C18H28ClN3S/c1-4-5-10-21(3)16-8-11-22(12-9-16)18(23)20-15-7-6-14(2)17(19)13-15/h6-7,13,16H,4-5,8-12H2,1-3H3,(H,20,23)/p+1. The summed E-state index contributed by atoms with van der Waals surface area (Å²) in [5, 5.41) is 4.91. The van der Waals surface area contributed by atoms with Crippen molar-refractivity contribution in [2.45, 2.75) is 45.6 Å². The van der Waals surface area contributed by atoms with Crippen LogP contribution in [0.5, 0.6) is 0 Å². The number of halogens is 1. The van der Waals surface area contributed by atoms with Gasteiger partial charge in [-0.2, -0.15) is 0 Å². The summed E-state index contributed by atoms with van der Waals surface area (Å²) in [6.07, 6.45) is 5.03. The number of hydrogen-bond acceptors (Lipinski definition) is 1. The molecule has 3 nitrogen and oxygen atoms in total. The Labute approximate surface area is 151 Å². The van der Waals surface area contributed by atoms with Crippen LogP contribution in [0.3, 0.4) is 0 Å². The molecule has 0 bridgehead atoms. The molecule has 128 valence electrons. The zero-order chi connectivity index (χ0) is 16.8. The molecular formula is C18H29ClN3S+. The number of piperidine rings is 1. The average molecular weight is 355 g/mol. The highest BCUT2D eigenvalue weighted by atomic mass is 35.5. The zero-order valence-electron chi connectivity index (χ0n) is 14.5. The predicted octanol–water partition coefficient (Wildman–Crippen LogP) is 3.12. The number of hydrogen-bond donors (Lipinski definition) is 2. The van der Waals surface area contributed by atoms with Gasteiger partial charge in [0.1, 0.15) is 0 Å². The van der Waals surface area contributed by atoms with E-state index >= 15 is 0 Å². The fourth-order valence-corrected chi connectivity index (χ4v) is 3.59. The Morgan fingerprint density at radius 1 is 1.39 bits per heavy atom. The summed E-state index contributed by atoms with van der Waals surface area (Å²) in [5.74, 6) is 0. The van der Waals surface area contributed by atoms with Crippen LogP contribution in [0.4, 0.5) is 5.69 Å². The highest BCUT2D eigenvalue weighted by molar-refractivity contribution is 7.80. The minimum absolute atomic E-state index is 0.773. The van der Waals surface area contributed by atoms with Gasteiger partial charge in [0.25, 0.3) is 0 Å². The van der Waals surface area contributed by atoms with E-state index in [1.54, 1.807) is 4.90 Å².